The van der Waals surface area contributed by atoms with Crippen LogP contribution < -0.4 is 10.1 Å². The molecule has 0 unspecified atom stereocenters. The molecule has 0 aliphatic carbocycles. The third kappa shape index (κ3) is 3.79. The average Bonchev–Trinajstić information content (AvgIpc) is 2.37. The minimum atomic E-state index is 0.227. The maximum absolute atomic E-state index is 10.7. The molecule has 2 rings (SSSR count). The molecule has 1 aromatic rings. The molecule has 1 aromatic heterocycles. The Morgan fingerprint density at radius 2 is 2.47 bits per heavy atom. The van der Waals surface area contributed by atoms with Gasteiger partial charge in [0, 0.05) is 11.6 Å². The van der Waals surface area contributed by atoms with Gasteiger partial charge in [-0.15, -0.1) is 0 Å². The second kappa shape index (κ2) is 6.70. The van der Waals surface area contributed by atoms with Gasteiger partial charge >= 0.3 is 0 Å². The van der Waals surface area contributed by atoms with Crippen LogP contribution in [0.25, 0.3) is 0 Å². The average molecular weight is 286 g/mol. The van der Waals surface area contributed by atoms with Crippen LogP contribution in [0.15, 0.2) is 12.3 Å². The molecule has 1 atom stereocenters. The van der Waals surface area contributed by atoms with Crippen molar-refractivity contribution in [1.29, 1.82) is 0 Å². The van der Waals surface area contributed by atoms with Gasteiger partial charge in [0.15, 0.2) is 0 Å². The highest BCUT2D eigenvalue weighted by Gasteiger charge is 2.17. The Morgan fingerprint density at radius 3 is 3.05 bits per heavy atom. The SMILES string of the molecule is CON(C=O)Cc1cc(OC[C@@H]2CCN2)cnc1Cl. The fraction of sp³-hybridized carbons (Fsp3) is 0.500. The molecule has 0 aromatic carbocycles. The second-order valence-corrected chi connectivity index (χ2v) is 4.59. The predicted molar refractivity (Wildman–Crippen MR) is 69.8 cm³/mol. The van der Waals surface area contributed by atoms with Crippen LogP contribution in [0.2, 0.25) is 5.15 Å². The lowest BCUT2D eigenvalue weighted by molar-refractivity contribution is -0.163. The number of hydrogen-bond acceptors (Lipinski definition) is 5. The Morgan fingerprint density at radius 1 is 1.68 bits per heavy atom. The van der Waals surface area contributed by atoms with E-state index in [1.54, 1.807) is 12.3 Å². The number of ether oxygens (including phenoxy) is 1. The lowest BCUT2D eigenvalue weighted by Crippen LogP contribution is -2.46. The molecule has 0 bridgehead atoms. The zero-order chi connectivity index (χ0) is 13.7. The van der Waals surface area contributed by atoms with Crippen LogP contribution in [0.4, 0.5) is 0 Å². The number of hydroxylamine groups is 2. The molecule has 1 N–H and O–H groups in total. The van der Waals surface area contributed by atoms with Crippen molar-refractivity contribution < 1.29 is 14.4 Å². The van der Waals surface area contributed by atoms with Crippen LogP contribution in [-0.2, 0) is 16.2 Å². The molecule has 2 heterocycles. The number of amides is 1. The van der Waals surface area contributed by atoms with E-state index in [1.165, 1.54) is 7.11 Å². The Labute approximate surface area is 116 Å². The number of halogens is 1. The first-order valence-electron chi connectivity index (χ1n) is 5.99. The summed E-state index contributed by atoms with van der Waals surface area (Å²) < 4.78 is 5.62. The summed E-state index contributed by atoms with van der Waals surface area (Å²) in [6.07, 6.45) is 3.28. The van der Waals surface area contributed by atoms with Gasteiger partial charge in [-0.1, -0.05) is 11.6 Å². The van der Waals surface area contributed by atoms with Gasteiger partial charge in [0.2, 0.25) is 6.41 Å². The minimum Gasteiger partial charge on any atom is -0.490 e. The first kappa shape index (κ1) is 14.0. The van der Waals surface area contributed by atoms with Crippen molar-refractivity contribution in [2.45, 2.75) is 19.0 Å². The number of aromatic nitrogens is 1. The summed E-state index contributed by atoms with van der Waals surface area (Å²) in [5, 5.41) is 4.70. The number of hydrogen-bond donors (Lipinski definition) is 1. The molecule has 1 amide bonds. The summed E-state index contributed by atoms with van der Waals surface area (Å²) in [7, 11) is 1.42. The highest BCUT2D eigenvalue weighted by Crippen LogP contribution is 2.21. The predicted octanol–water partition coefficient (Wildman–Crippen LogP) is 0.995. The standard InChI is InChI=1S/C12H16ClN3O3/c1-18-16(8-17)6-9-4-11(5-15-12(9)13)19-7-10-2-3-14-10/h4-5,8,10,14H,2-3,6-7H2,1H3/t10-/m0/s1. The molecule has 6 nitrogen and oxygen atoms in total. The van der Waals surface area contributed by atoms with Gasteiger partial charge < -0.3 is 10.1 Å². The zero-order valence-electron chi connectivity index (χ0n) is 10.6. The summed E-state index contributed by atoms with van der Waals surface area (Å²) in [5.41, 5.74) is 0.676. The van der Waals surface area contributed by atoms with Crippen molar-refractivity contribution in [3.05, 3.63) is 23.0 Å². The van der Waals surface area contributed by atoms with Crippen LogP contribution in [0, 0.1) is 0 Å². The van der Waals surface area contributed by atoms with Crippen molar-refractivity contribution in [3.63, 3.8) is 0 Å². The van der Waals surface area contributed by atoms with E-state index in [2.05, 4.69) is 10.3 Å². The molecular formula is C12H16ClN3O3. The quantitative estimate of drug-likeness (QED) is 0.460. The van der Waals surface area contributed by atoms with Crippen molar-refractivity contribution in [3.8, 4) is 5.75 Å². The number of rotatable bonds is 7. The van der Waals surface area contributed by atoms with E-state index >= 15 is 0 Å². The van der Waals surface area contributed by atoms with Crippen molar-refractivity contribution in [1.82, 2.24) is 15.4 Å². The van der Waals surface area contributed by atoms with E-state index < -0.39 is 0 Å². The lowest BCUT2D eigenvalue weighted by atomic mass is 10.1. The largest absolute Gasteiger partial charge is 0.490 e. The third-order valence-electron chi connectivity index (χ3n) is 2.94. The first-order valence-corrected chi connectivity index (χ1v) is 6.37. The van der Waals surface area contributed by atoms with Crippen LogP contribution >= 0.6 is 11.6 Å². The molecule has 1 fully saturated rings. The van der Waals surface area contributed by atoms with E-state index in [0.29, 0.717) is 35.5 Å². The van der Waals surface area contributed by atoms with E-state index in [4.69, 9.17) is 21.2 Å². The number of nitrogens with zero attached hydrogens (tertiary/aromatic N) is 2. The van der Waals surface area contributed by atoms with Gasteiger partial charge in [0.1, 0.15) is 17.5 Å². The molecule has 19 heavy (non-hydrogen) atoms. The Balaban J connectivity index is 1.98. The molecule has 0 spiro atoms. The Bertz CT molecular complexity index is 440. The number of carbonyl (C=O) groups excluding carboxylic acids is 1. The molecule has 1 aliphatic heterocycles. The van der Waals surface area contributed by atoms with Gasteiger partial charge in [-0.2, -0.15) is 0 Å². The summed E-state index contributed by atoms with van der Waals surface area (Å²) in [5.74, 6) is 0.634. The summed E-state index contributed by atoms with van der Waals surface area (Å²) in [6.45, 7) is 1.87. The van der Waals surface area contributed by atoms with Gasteiger partial charge in [-0.05, 0) is 19.0 Å². The molecule has 0 radical (unpaired) electrons. The highest BCUT2D eigenvalue weighted by molar-refractivity contribution is 6.30. The van der Waals surface area contributed by atoms with Crippen LogP contribution in [0.3, 0.4) is 0 Å². The normalized spacial score (nSPS) is 17.7. The second-order valence-electron chi connectivity index (χ2n) is 4.23. The number of pyridine rings is 1. The zero-order valence-corrected chi connectivity index (χ0v) is 11.4. The van der Waals surface area contributed by atoms with E-state index in [-0.39, 0.29) is 6.54 Å². The Hall–Kier alpha value is -1.37. The Kier molecular flexibility index (Phi) is 4.95. The molecule has 0 saturated carbocycles. The van der Waals surface area contributed by atoms with Gasteiger partial charge in [0.25, 0.3) is 0 Å². The summed E-state index contributed by atoms with van der Waals surface area (Å²) in [4.78, 5) is 19.6. The first-order chi connectivity index (χ1) is 9.22. The molecule has 1 aliphatic rings. The van der Waals surface area contributed by atoms with E-state index in [1.807, 2.05) is 0 Å². The maximum atomic E-state index is 10.7. The minimum absolute atomic E-state index is 0.227. The van der Waals surface area contributed by atoms with Crippen molar-refractivity contribution in [2.24, 2.45) is 0 Å². The molecule has 7 heteroatoms. The molecular weight excluding hydrogens is 270 g/mol. The third-order valence-corrected chi connectivity index (χ3v) is 3.28. The summed E-state index contributed by atoms with van der Waals surface area (Å²) >= 11 is 5.98. The van der Waals surface area contributed by atoms with Crippen LogP contribution in [-0.4, -0.2) is 42.8 Å². The van der Waals surface area contributed by atoms with E-state index in [9.17, 15) is 4.79 Å². The monoisotopic (exact) mass is 285 g/mol. The van der Waals surface area contributed by atoms with Gasteiger partial charge in [-0.3, -0.25) is 9.63 Å². The highest BCUT2D eigenvalue weighted by atomic mass is 35.5. The fourth-order valence-electron chi connectivity index (χ4n) is 1.66. The van der Waals surface area contributed by atoms with E-state index in [0.717, 1.165) is 18.0 Å². The fourth-order valence-corrected chi connectivity index (χ4v) is 1.82. The van der Waals surface area contributed by atoms with Crippen molar-refractivity contribution in [2.75, 3.05) is 20.3 Å². The smallest absolute Gasteiger partial charge is 0.233 e. The molecule has 1 saturated heterocycles. The maximum Gasteiger partial charge on any atom is 0.233 e. The van der Waals surface area contributed by atoms with Crippen LogP contribution in [0.1, 0.15) is 12.0 Å². The number of nitrogens with one attached hydrogen (secondary N) is 1. The van der Waals surface area contributed by atoms with Gasteiger partial charge in [-0.25, -0.2) is 10.0 Å². The van der Waals surface area contributed by atoms with Gasteiger partial charge in [0.05, 0.1) is 19.9 Å². The van der Waals surface area contributed by atoms with Crippen molar-refractivity contribution >= 4 is 18.0 Å². The lowest BCUT2D eigenvalue weighted by Gasteiger charge is -2.27. The van der Waals surface area contributed by atoms with Crippen LogP contribution in [0.5, 0.6) is 5.75 Å². The summed E-state index contributed by atoms with van der Waals surface area (Å²) in [6, 6.07) is 2.17. The number of carbonyl (C=O) groups is 1. The molecule has 104 valence electrons. The topological polar surface area (TPSA) is 63.7 Å².